The number of hydrogen-bond donors (Lipinski definition) is 0. The van der Waals surface area contributed by atoms with Crippen molar-refractivity contribution in [3.05, 3.63) is 54.1 Å². The maximum atomic E-state index is 5.46. The molecule has 0 spiro atoms. The van der Waals surface area contributed by atoms with Crippen LogP contribution in [0.25, 0.3) is 0 Å². The Hall–Kier alpha value is -2.49. The van der Waals surface area contributed by atoms with Crippen molar-refractivity contribution in [3.8, 4) is 11.5 Å². The van der Waals surface area contributed by atoms with E-state index in [1.165, 1.54) is 0 Å². The Bertz CT molecular complexity index is 631. The maximum absolute atomic E-state index is 5.46. The SMILES string of the molecule is COc1cccc(OC)c1C1=NN(c2ccccc2)CC1. The molecule has 108 valence electrons. The number of ether oxygens (including phenoxy) is 2. The van der Waals surface area contributed by atoms with Crippen molar-refractivity contribution in [2.24, 2.45) is 5.10 Å². The highest BCUT2D eigenvalue weighted by molar-refractivity contribution is 6.07. The molecule has 0 amide bonds. The third-order valence-corrected chi connectivity index (χ3v) is 3.57. The van der Waals surface area contributed by atoms with Crippen molar-refractivity contribution < 1.29 is 9.47 Å². The Balaban J connectivity index is 1.99. The lowest BCUT2D eigenvalue weighted by Crippen LogP contribution is -2.11. The fourth-order valence-corrected chi connectivity index (χ4v) is 2.56. The number of rotatable bonds is 4. The second-order valence-corrected chi connectivity index (χ2v) is 4.79. The zero-order chi connectivity index (χ0) is 14.7. The summed E-state index contributed by atoms with van der Waals surface area (Å²) in [6, 6.07) is 16.0. The first kappa shape index (κ1) is 13.5. The molecule has 3 rings (SSSR count). The van der Waals surface area contributed by atoms with Gasteiger partial charge in [-0.05, 0) is 24.3 Å². The number of hydrazone groups is 1. The van der Waals surface area contributed by atoms with Crippen LogP contribution in [-0.2, 0) is 0 Å². The summed E-state index contributed by atoms with van der Waals surface area (Å²) in [6.45, 7) is 0.862. The summed E-state index contributed by atoms with van der Waals surface area (Å²) in [5.41, 5.74) is 3.04. The highest BCUT2D eigenvalue weighted by Crippen LogP contribution is 2.32. The number of hydrogen-bond acceptors (Lipinski definition) is 4. The quantitative estimate of drug-likeness (QED) is 0.862. The first-order valence-corrected chi connectivity index (χ1v) is 6.95. The van der Waals surface area contributed by atoms with Crippen molar-refractivity contribution in [3.63, 3.8) is 0 Å². The van der Waals surface area contributed by atoms with E-state index in [2.05, 4.69) is 12.1 Å². The van der Waals surface area contributed by atoms with Crippen LogP contribution in [0.3, 0.4) is 0 Å². The number of benzene rings is 2. The molecule has 0 radical (unpaired) electrons. The molecule has 0 fully saturated rings. The summed E-state index contributed by atoms with van der Waals surface area (Å²) < 4.78 is 10.9. The molecule has 0 aliphatic carbocycles. The van der Waals surface area contributed by atoms with Gasteiger partial charge < -0.3 is 9.47 Å². The zero-order valence-corrected chi connectivity index (χ0v) is 12.2. The third kappa shape index (κ3) is 2.57. The second-order valence-electron chi connectivity index (χ2n) is 4.79. The molecule has 1 aliphatic rings. The van der Waals surface area contributed by atoms with E-state index in [1.54, 1.807) is 14.2 Å². The van der Waals surface area contributed by atoms with Crippen molar-refractivity contribution in [2.45, 2.75) is 6.42 Å². The van der Waals surface area contributed by atoms with Crippen LogP contribution in [0.4, 0.5) is 5.69 Å². The first-order valence-electron chi connectivity index (χ1n) is 6.95. The van der Waals surface area contributed by atoms with Gasteiger partial charge in [0.25, 0.3) is 0 Å². The number of para-hydroxylation sites is 1. The fraction of sp³-hybridized carbons (Fsp3) is 0.235. The molecule has 0 atom stereocenters. The minimum Gasteiger partial charge on any atom is -0.496 e. The van der Waals surface area contributed by atoms with Crippen LogP contribution >= 0.6 is 0 Å². The molecule has 4 heteroatoms. The van der Waals surface area contributed by atoms with Gasteiger partial charge >= 0.3 is 0 Å². The number of anilines is 1. The lowest BCUT2D eigenvalue weighted by Gasteiger charge is -2.13. The van der Waals surface area contributed by atoms with E-state index in [4.69, 9.17) is 14.6 Å². The third-order valence-electron chi connectivity index (χ3n) is 3.57. The van der Waals surface area contributed by atoms with Crippen LogP contribution < -0.4 is 14.5 Å². The van der Waals surface area contributed by atoms with Crippen LogP contribution in [0.2, 0.25) is 0 Å². The average molecular weight is 282 g/mol. The molecule has 21 heavy (non-hydrogen) atoms. The van der Waals surface area contributed by atoms with E-state index < -0.39 is 0 Å². The molecule has 0 aromatic heterocycles. The highest BCUT2D eigenvalue weighted by Gasteiger charge is 2.23. The Morgan fingerprint density at radius 1 is 0.905 bits per heavy atom. The molecule has 1 heterocycles. The Labute approximate surface area is 124 Å². The predicted molar refractivity (Wildman–Crippen MR) is 84.5 cm³/mol. The molecule has 2 aromatic rings. The first-order chi connectivity index (χ1) is 10.3. The number of methoxy groups -OCH3 is 2. The predicted octanol–water partition coefficient (Wildman–Crippen LogP) is 3.32. The standard InChI is InChI=1S/C17H18N2O2/c1-20-15-9-6-10-16(21-2)17(15)14-11-12-19(18-14)13-7-4-3-5-8-13/h3-10H,11-12H2,1-2H3. The van der Waals surface area contributed by atoms with Gasteiger partial charge in [0.15, 0.2) is 0 Å². The number of nitrogens with zero attached hydrogens (tertiary/aromatic N) is 2. The molecule has 1 aliphatic heterocycles. The largest absolute Gasteiger partial charge is 0.496 e. The van der Waals surface area contributed by atoms with Crippen molar-refractivity contribution in [2.75, 3.05) is 25.8 Å². The summed E-state index contributed by atoms with van der Waals surface area (Å²) in [7, 11) is 3.34. The smallest absolute Gasteiger partial charge is 0.131 e. The minimum atomic E-state index is 0.794. The van der Waals surface area contributed by atoms with Gasteiger partial charge in [-0.25, -0.2) is 0 Å². The van der Waals surface area contributed by atoms with Crippen LogP contribution in [0, 0.1) is 0 Å². The maximum Gasteiger partial charge on any atom is 0.131 e. The molecule has 0 N–H and O–H groups in total. The van der Waals surface area contributed by atoms with E-state index in [0.717, 1.165) is 41.4 Å². The van der Waals surface area contributed by atoms with Crippen molar-refractivity contribution >= 4 is 11.4 Å². The molecule has 0 unspecified atom stereocenters. The van der Waals surface area contributed by atoms with E-state index in [-0.39, 0.29) is 0 Å². The Kier molecular flexibility index (Phi) is 3.77. The van der Waals surface area contributed by atoms with Gasteiger partial charge in [-0.2, -0.15) is 5.10 Å². The fourth-order valence-electron chi connectivity index (χ4n) is 2.56. The molecule has 4 nitrogen and oxygen atoms in total. The summed E-state index contributed by atoms with van der Waals surface area (Å²) in [5.74, 6) is 1.59. The van der Waals surface area contributed by atoms with Gasteiger partial charge in [-0.1, -0.05) is 24.3 Å². The van der Waals surface area contributed by atoms with Crippen molar-refractivity contribution in [1.82, 2.24) is 0 Å². The monoisotopic (exact) mass is 282 g/mol. The molecule has 0 bridgehead atoms. The van der Waals surface area contributed by atoms with Gasteiger partial charge in [0.1, 0.15) is 11.5 Å². The molecular formula is C17H18N2O2. The zero-order valence-electron chi connectivity index (χ0n) is 12.2. The van der Waals surface area contributed by atoms with Crippen molar-refractivity contribution in [1.29, 1.82) is 0 Å². The van der Waals surface area contributed by atoms with E-state index in [9.17, 15) is 0 Å². The molecular weight excluding hydrogens is 264 g/mol. The van der Waals surface area contributed by atoms with Crippen LogP contribution in [0.15, 0.2) is 53.6 Å². The molecule has 0 saturated heterocycles. The minimum absolute atomic E-state index is 0.794. The van der Waals surface area contributed by atoms with Crippen LogP contribution in [-0.4, -0.2) is 26.5 Å². The Morgan fingerprint density at radius 3 is 2.19 bits per heavy atom. The normalized spacial score (nSPS) is 14.0. The van der Waals surface area contributed by atoms with Crippen LogP contribution in [0.5, 0.6) is 11.5 Å². The topological polar surface area (TPSA) is 34.1 Å². The lowest BCUT2D eigenvalue weighted by molar-refractivity contribution is 0.392. The second kappa shape index (κ2) is 5.87. The van der Waals surface area contributed by atoms with Gasteiger partial charge in [0.2, 0.25) is 0 Å². The van der Waals surface area contributed by atoms with E-state index >= 15 is 0 Å². The molecule has 2 aromatic carbocycles. The molecule has 0 saturated carbocycles. The summed E-state index contributed by atoms with van der Waals surface area (Å²) in [6.07, 6.45) is 0.867. The van der Waals surface area contributed by atoms with Gasteiger partial charge in [-0.3, -0.25) is 5.01 Å². The Morgan fingerprint density at radius 2 is 1.57 bits per heavy atom. The van der Waals surface area contributed by atoms with E-state index in [1.807, 2.05) is 41.4 Å². The van der Waals surface area contributed by atoms with Crippen LogP contribution in [0.1, 0.15) is 12.0 Å². The highest BCUT2D eigenvalue weighted by atomic mass is 16.5. The average Bonchev–Trinajstić information content (AvgIpc) is 3.04. The summed E-state index contributed by atoms with van der Waals surface area (Å²) in [5, 5.41) is 6.75. The summed E-state index contributed by atoms with van der Waals surface area (Å²) in [4.78, 5) is 0. The van der Waals surface area contributed by atoms with Gasteiger partial charge in [0.05, 0.1) is 31.2 Å². The van der Waals surface area contributed by atoms with Gasteiger partial charge in [-0.15, -0.1) is 0 Å². The van der Waals surface area contributed by atoms with Gasteiger partial charge in [0, 0.05) is 13.0 Å². The summed E-state index contributed by atoms with van der Waals surface area (Å²) >= 11 is 0. The lowest BCUT2D eigenvalue weighted by atomic mass is 10.1. The van der Waals surface area contributed by atoms with E-state index in [0.29, 0.717) is 0 Å².